The summed E-state index contributed by atoms with van der Waals surface area (Å²) >= 11 is 0. The quantitative estimate of drug-likeness (QED) is 0.782. The predicted molar refractivity (Wildman–Crippen MR) is 87.8 cm³/mol. The second-order valence-electron chi connectivity index (χ2n) is 5.94. The van der Waals surface area contributed by atoms with Crippen LogP contribution in [0.3, 0.4) is 0 Å². The standard InChI is InChI=1S/C19H15FN2O2/c20-14-3-1-2-13(8-14)16-9-17(16)19(23)22-15-6-4-12(5-7-15)18-10-21-11-24-18/h1-8,10-11,16-17H,9H2,(H,22,23). The molecule has 1 N–H and O–H groups in total. The van der Waals surface area contributed by atoms with Crippen molar-refractivity contribution in [2.24, 2.45) is 5.92 Å². The van der Waals surface area contributed by atoms with Crippen molar-refractivity contribution < 1.29 is 13.6 Å². The van der Waals surface area contributed by atoms with Crippen molar-refractivity contribution in [3.63, 3.8) is 0 Å². The largest absolute Gasteiger partial charge is 0.444 e. The Bertz CT molecular complexity index is 859. The van der Waals surface area contributed by atoms with Gasteiger partial charge >= 0.3 is 0 Å². The number of halogens is 1. The first-order chi connectivity index (χ1) is 11.7. The molecule has 1 amide bonds. The van der Waals surface area contributed by atoms with Crippen molar-refractivity contribution in [2.75, 3.05) is 5.32 Å². The average molecular weight is 322 g/mol. The summed E-state index contributed by atoms with van der Waals surface area (Å²) in [5.41, 5.74) is 2.51. The van der Waals surface area contributed by atoms with Gasteiger partial charge in [0.25, 0.3) is 0 Å². The molecule has 1 aliphatic carbocycles. The van der Waals surface area contributed by atoms with E-state index in [1.54, 1.807) is 12.3 Å². The van der Waals surface area contributed by atoms with E-state index >= 15 is 0 Å². The number of nitrogens with one attached hydrogen (secondary N) is 1. The lowest BCUT2D eigenvalue weighted by Crippen LogP contribution is -2.14. The number of rotatable bonds is 4. The summed E-state index contributed by atoms with van der Waals surface area (Å²) in [6.07, 6.45) is 3.78. The smallest absolute Gasteiger partial charge is 0.228 e. The van der Waals surface area contributed by atoms with Gasteiger partial charge in [-0.3, -0.25) is 4.79 Å². The van der Waals surface area contributed by atoms with Crippen LogP contribution in [0.15, 0.2) is 65.5 Å². The summed E-state index contributed by atoms with van der Waals surface area (Å²) in [6, 6.07) is 13.9. The van der Waals surface area contributed by atoms with Gasteiger partial charge in [0.05, 0.1) is 6.20 Å². The Labute approximate surface area is 138 Å². The SMILES string of the molecule is O=C(Nc1ccc(-c2cnco2)cc1)C1CC1c1cccc(F)c1. The second kappa shape index (κ2) is 5.92. The first-order valence-corrected chi connectivity index (χ1v) is 7.76. The van der Waals surface area contributed by atoms with Crippen molar-refractivity contribution in [3.05, 3.63) is 72.5 Å². The Hall–Kier alpha value is -2.95. The lowest BCUT2D eigenvalue weighted by molar-refractivity contribution is -0.117. The number of carbonyl (C=O) groups is 1. The van der Waals surface area contributed by atoms with Crippen molar-refractivity contribution in [3.8, 4) is 11.3 Å². The van der Waals surface area contributed by atoms with Gasteiger partial charge in [0.2, 0.25) is 5.91 Å². The van der Waals surface area contributed by atoms with Crippen LogP contribution in [0, 0.1) is 11.7 Å². The summed E-state index contributed by atoms with van der Waals surface area (Å²) in [7, 11) is 0. The molecular weight excluding hydrogens is 307 g/mol. The molecule has 2 unspecified atom stereocenters. The summed E-state index contributed by atoms with van der Waals surface area (Å²) in [4.78, 5) is 16.2. The number of amides is 1. The molecule has 0 bridgehead atoms. The number of hydrogen-bond donors (Lipinski definition) is 1. The number of carbonyl (C=O) groups excluding carboxylic acids is 1. The molecule has 1 aromatic heterocycles. The molecule has 1 fully saturated rings. The van der Waals surface area contributed by atoms with Gasteiger partial charge in [0.1, 0.15) is 5.82 Å². The highest BCUT2D eigenvalue weighted by atomic mass is 19.1. The maximum Gasteiger partial charge on any atom is 0.228 e. The van der Waals surface area contributed by atoms with Crippen molar-refractivity contribution in [1.82, 2.24) is 4.98 Å². The minimum Gasteiger partial charge on any atom is -0.444 e. The number of anilines is 1. The number of nitrogens with zero attached hydrogens (tertiary/aromatic N) is 1. The van der Waals surface area contributed by atoms with Crippen LogP contribution >= 0.6 is 0 Å². The van der Waals surface area contributed by atoms with Crippen LogP contribution in [0.4, 0.5) is 10.1 Å². The molecule has 24 heavy (non-hydrogen) atoms. The van der Waals surface area contributed by atoms with Gasteiger partial charge in [-0.05, 0) is 54.3 Å². The topological polar surface area (TPSA) is 55.1 Å². The fraction of sp³-hybridized carbons (Fsp3) is 0.158. The number of hydrogen-bond acceptors (Lipinski definition) is 3. The molecule has 3 aromatic rings. The van der Waals surface area contributed by atoms with Crippen LogP contribution in [0.2, 0.25) is 0 Å². The van der Waals surface area contributed by atoms with Crippen LogP contribution in [-0.4, -0.2) is 10.9 Å². The number of aromatic nitrogens is 1. The highest BCUT2D eigenvalue weighted by Gasteiger charge is 2.44. The van der Waals surface area contributed by atoms with Crippen LogP contribution < -0.4 is 5.32 Å². The van der Waals surface area contributed by atoms with Crippen LogP contribution in [-0.2, 0) is 4.79 Å². The molecule has 2 aromatic carbocycles. The van der Waals surface area contributed by atoms with Gasteiger partial charge in [-0.15, -0.1) is 0 Å². The van der Waals surface area contributed by atoms with E-state index in [9.17, 15) is 9.18 Å². The van der Waals surface area contributed by atoms with E-state index in [4.69, 9.17) is 4.42 Å². The molecule has 4 rings (SSSR count). The molecular formula is C19H15FN2O2. The van der Waals surface area contributed by atoms with Crippen LogP contribution in [0.25, 0.3) is 11.3 Å². The predicted octanol–water partition coefficient (Wildman–Crippen LogP) is 4.22. The van der Waals surface area contributed by atoms with Gasteiger partial charge in [-0.1, -0.05) is 12.1 Å². The minimum atomic E-state index is -0.262. The normalized spacial score (nSPS) is 19.0. The molecule has 120 valence electrons. The highest BCUT2D eigenvalue weighted by Crippen LogP contribution is 2.48. The van der Waals surface area contributed by atoms with Gasteiger partial charge in [-0.25, -0.2) is 9.37 Å². The Morgan fingerprint density at radius 3 is 2.75 bits per heavy atom. The zero-order valence-electron chi connectivity index (χ0n) is 12.8. The third-order valence-electron chi connectivity index (χ3n) is 4.27. The average Bonchev–Trinajstić information content (AvgIpc) is 3.22. The molecule has 2 atom stereocenters. The van der Waals surface area contributed by atoms with Gasteiger partial charge < -0.3 is 9.73 Å². The second-order valence-corrected chi connectivity index (χ2v) is 5.94. The monoisotopic (exact) mass is 322 g/mol. The molecule has 4 nitrogen and oxygen atoms in total. The van der Waals surface area contributed by atoms with E-state index in [0.29, 0.717) is 5.76 Å². The fourth-order valence-electron chi connectivity index (χ4n) is 2.90. The molecule has 0 aliphatic heterocycles. The Kier molecular flexibility index (Phi) is 3.61. The lowest BCUT2D eigenvalue weighted by Gasteiger charge is -2.06. The Morgan fingerprint density at radius 1 is 1.21 bits per heavy atom. The van der Waals surface area contributed by atoms with E-state index in [2.05, 4.69) is 10.3 Å². The van der Waals surface area contributed by atoms with E-state index in [1.807, 2.05) is 30.3 Å². The Balaban J connectivity index is 1.40. The van der Waals surface area contributed by atoms with E-state index < -0.39 is 0 Å². The summed E-state index contributed by atoms with van der Waals surface area (Å²) < 4.78 is 18.5. The zero-order chi connectivity index (χ0) is 16.5. The maximum atomic E-state index is 13.3. The lowest BCUT2D eigenvalue weighted by atomic mass is 10.1. The van der Waals surface area contributed by atoms with Gasteiger partial charge in [0.15, 0.2) is 12.2 Å². The van der Waals surface area contributed by atoms with Gasteiger partial charge in [0, 0.05) is 17.2 Å². The van der Waals surface area contributed by atoms with Crippen molar-refractivity contribution >= 4 is 11.6 Å². The number of oxazole rings is 1. The molecule has 0 spiro atoms. The van der Waals surface area contributed by atoms with E-state index in [0.717, 1.165) is 23.2 Å². The van der Waals surface area contributed by atoms with E-state index in [-0.39, 0.29) is 23.6 Å². The van der Waals surface area contributed by atoms with Crippen molar-refractivity contribution in [2.45, 2.75) is 12.3 Å². The fourth-order valence-corrected chi connectivity index (χ4v) is 2.90. The summed E-state index contributed by atoms with van der Waals surface area (Å²) in [6.45, 7) is 0. The molecule has 0 radical (unpaired) electrons. The highest BCUT2D eigenvalue weighted by molar-refractivity contribution is 5.95. The minimum absolute atomic E-state index is 0.0309. The van der Waals surface area contributed by atoms with E-state index in [1.165, 1.54) is 18.5 Å². The zero-order valence-corrected chi connectivity index (χ0v) is 12.8. The Morgan fingerprint density at radius 2 is 2.04 bits per heavy atom. The molecule has 0 saturated heterocycles. The molecule has 1 aliphatic rings. The van der Waals surface area contributed by atoms with Gasteiger partial charge in [-0.2, -0.15) is 0 Å². The van der Waals surface area contributed by atoms with Crippen LogP contribution in [0.5, 0.6) is 0 Å². The third-order valence-corrected chi connectivity index (χ3v) is 4.27. The number of benzene rings is 2. The first kappa shape index (κ1) is 14.6. The molecule has 1 heterocycles. The molecule has 5 heteroatoms. The molecule has 1 saturated carbocycles. The maximum absolute atomic E-state index is 13.3. The van der Waals surface area contributed by atoms with Crippen molar-refractivity contribution in [1.29, 1.82) is 0 Å². The third kappa shape index (κ3) is 2.93. The summed E-state index contributed by atoms with van der Waals surface area (Å²) in [5.74, 6) is 0.398. The first-order valence-electron chi connectivity index (χ1n) is 7.76. The van der Waals surface area contributed by atoms with Crippen LogP contribution in [0.1, 0.15) is 17.9 Å². The summed E-state index contributed by atoms with van der Waals surface area (Å²) in [5, 5.41) is 2.91.